The Morgan fingerprint density at radius 3 is 2.46 bits per heavy atom. The fraction of sp³-hybridized carbons (Fsp3) is 0.217. The fourth-order valence-electron chi connectivity index (χ4n) is 3.96. The van der Waals surface area contributed by atoms with E-state index in [0.29, 0.717) is 6.42 Å². The molecule has 26 heavy (non-hydrogen) atoms. The number of hydrogen-bond donors (Lipinski definition) is 0. The topological polar surface area (TPSA) is 39.1 Å². The molecule has 0 amide bonds. The number of Topliss-reactive ketones (excluding diaryl/α,β-unsaturated/α-hetero) is 1. The van der Waals surface area contributed by atoms with Crippen molar-refractivity contribution in [2.75, 3.05) is 0 Å². The molecule has 0 fully saturated rings. The lowest BCUT2D eigenvalue weighted by atomic mass is 9.67. The number of carbonyl (C=O) groups excluding carboxylic acids is 2. The van der Waals surface area contributed by atoms with Gasteiger partial charge in [0.25, 0.3) is 0 Å². The molecule has 3 aromatic rings. The van der Waals surface area contributed by atoms with Crippen molar-refractivity contribution >= 4 is 22.5 Å². The zero-order chi connectivity index (χ0) is 18.3. The predicted octanol–water partition coefficient (Wildman–Crippen LogP) is 4.22. The van der Waals surface area contributed by atoms with Crippen molar-refractivity contribution in [2.45, 2.75) is 19.3 Å². The van der Waals surface area contributed by atoms with Crippen molar-refractivity contribution in [1.82, 2.24) is 4.57 Å². The molecule has 3 nitrogen and oxygen atoms in total. The van der Waals surface area contributed by atoms with Gasteiger partial charge in [-0.3, -0.25) is 9.59 Å². The van der Waals surface area contributed by atoms with Crippen molar-refractivity contribution in [1.29, 1.82) is 0 Å². The third kappa shape index (κ3) is 2.51. The Morgan fingerprint density at radius 1 is 1.00 bits per heavy atom. The van der Waals surface area contributed by atoms with Gasteiger partial charge in [-0.25, -0.2) is 0 Å². The van der Waals surface area contributed by atoms with Crippen LogP contribution >= 0.6 is 0 Å². The molecule has 0 N–H and O–H groups in total. The molecule has 130 valence electrons. The molecule has 0 bridgehead atoms. The number of rotatable bonds is 3. The molecular weight excluding hydrogens is 322 g/mol. The van der Waals surface area contributed by atoms with Gasteiger partial charge in [0.1, 0.15) is 0 Å². The van der Waals surface area contributed by atoms with Gasteiger partial charge in [0.15, 0.2) is 11.6 Å². The van der Waals surface area contributed by atoms with E-state index in [1.807, 2.05) is 55.7 Å². The molecule has 0 saturated carbocycles. The predicted molar refractivity (Wildman–Crippen MR) is 103 cm³/mol. The average molecular weight is 343 g/mol. The number of nitrogens with zero attached hydrogens (tertiary/aromatic N) is 1. The third-order valence-corrected chi connectivity index (χ3v) is 5.49. The molecule has 4 rings (SSSR count). The van der Waals surface area contributed by atoms with E-state index in [1.165, 1.54) is 0 Å². The summed E-state index contributed by atoms with van der Waals surface area (Å²) in [5.74, 6) is -0.499. The Balaban J connectivity index is 1.75. The summed E-state index contributed by atoms with van der Waals surface area (Å²) in [6.45, 7) is 1.79. The highest BCUT2D eigenvalue weighted by Gasteiger charge is 2.45. The fourth-order valence-corrected chi connectivity index (χ4v) is 3.96. The number of allylic oxidation sites excluding steroid dienone is 2. The molecule has 2 atom stereocenters. The largest absolute Gasteiger partial charge is 0.350 e. The first-order chi connectivity index (χ1) is 12.5. The maximum atomic E-state index is 13.3. The van der Waals surface area contributed by atoms with Crippen LogP contribution in [0.25, 0.3) is 10.9 Å². The number of benzene rings is 2. The van der Waals surface area contributed by atoms with E-state index >= 15 is 0 Å². The van der Waals surface area contributed by atoms with E-state index in [0.717, 1.165) is 22.0 Å². The van der Waals surface area contributed by atoms with Crippen molar-refractivity contribution < 1.29 is 9.59 Å². The summed E-state index contributed by atoms with van der Waals surface area (Å²) < 4.78 is 2.05. The highest BCUT2D eigenvalue weighted by atomic mass is 16.2. The molecule has 2 aromatic carbocycles. The highest BCUT2D eigenvalue weighted by molar-refractivity contribution is 6.17. The minimum Gasteiger partial charge on any atom is -0.350 e. The molecule has 1 heterocycles. The first kappa shape index (κ1) is 16.5. The number of hydrogen-bond acceptors (Lipinski definition) is 2. The molecular formula is C23H21NO2. The van der Waals surface area contributed by atoms with Crippen molar-refractivity contribution in [3.8, 4) is 0 Å². The SMILES string of the molecule is Cn1cc(CC2(C)C(=O)C=CC(c3ccccc3)C2=O)c2ccccc21. The van der Waals surface area contributed by atoms with Gasteiger partial charge in [0.2, 0.25) is 0 Å². The van der Waals surface area contributed by atoms with E-state index in [9.17, 15) is 9.59 Å². The lowest BCUT2D eigenvalue weighted by Crippen LogP contribution is -2.43. The van der Waals surface area contributed by atoms with E-state index in [1.54, 1.807) is 19.1 Å². The standard InChI is InChI=1S/C23H21NO2/c1-23(14-17-15-24(2)20-11-7-6-10-18(17)20)21(25)13-12-19(22(23)26)16-8-4-3-5-9-16/h3-13,15,19H,14H2,1-2H3. The molecule has 3 heteroatoms. The van der Waals surface area contributed by atoms with Gasteiger partial charge in [-0.15, -0.1) is 0 Å². The number of ketones is 2. The summed E-state index contributed by atoms with van der Waals surface area (Å²) in [6, 6.07) is 17.8. The first-order valence-electron chi connectivity index (χ1n) is 8.85. The zero-order valence-electron chi connectivity index (χ0n) is 15.0. The lowest BCUT2D eigenvalue weighted by Gasteiger charge is -2.32. The number of fused-ring (bicyclic) bond motifs is 1. The summed E-state index contributed by atoms with van der Waals surface area (Å²) in [5, 5.41) is 1.10. The van der Waals surface area contributed by atoms with Crippen LogP contribution < -0.4 is 0 Å². The van der Waals surface area contributed by atoms with Crippen LogP contribution in [0.2, 0.25) is 0 Å². The molecule has 2 unspecified atom stereocenters. The number of aromatic nitrogens is 1. The highest BCUT2D eigenvalue weighted by Crippen LogP contribution is 2.38. The summed E-state index contributed by atoms with van der Waals surface area (Å²) in [4.78, 5) is 26.1. The number of aryl methyl sites for hydroxylation is 1. The van der Waals surface area contributed by atoms with E-state index in [2.05, 4.69) is 16.7 Å². The van der Waals surface area contributed by atoms with Crippen LogP contribution in [0.4, 0.5) is 0 Å². The summed E-state index contributed by atoms with van der Waals surface area (Å²) >= 11 is 0. The quantitative estimate of drug-likeness (QED) is 0.668. The van der Waals surface area contributed by atoms with Crippen molar-refractivity contribution in [3.63, 3.8) is 0 Å². The van der Waals surface area contributed by atoms with Crippen LogP contribution in [0.5, 0.6) is 0 Å². The molecule has 0 aliphatic heterocycles. The maximum Gasteiger partial charge on any atom is 0.169 e. The lowest BCUT2D eigenvalue weighted by molar-refractivity contribution is -0.138. The van der Waals surface area contributed by atoms with Crippen LogP contribution in [0.15, 0.2) is 72.9 Å². The van der Waals surface area contributed by atoms with Gasteiger partial charge in [0.05, 0.1) is 11.3 Å². The second-order valence-electron chi connectivity index (χ2n) is 7.27. The maximum absolute atomic E-state index is 13.3. The monoisotopic (exact) mass is 343 g/mol. The summed E-state index contributed by atoms with van der Waals surface area (Å²) in [7, 11) is 1.99. The second-order valence-corrected chi connectivity index (χ2v) is 7.27. The molecule has 1 aliphatic carbocycles. The van der Waals surface area contributed by atoms with Crippen molar-refractivity contribution in [2.24, 2.45) is 12.5 Å². The molecule has 0 radical (unpaired) electrons. The molecule has 0 spiro atoms. The van der Waals surface area contributed by atoms with Gasteiger partial charge in [-0.1, -0.05) is 54.6 Å². The first-order valence-corrected chi connectivity index (χ1v) is 8.85. The van der Waals surface area contributed by atoms with Gasteiger partial charge in [-0.05, 0) is 36.6 Å². The van der Waals surface area contributed by atoms with E-state index in [4.69, 9.17) is 0 Å². The Kier molecular flexibility index (Phi) is 3.87. The van der Waals surface area contributed by atoms with Gasteiger partial charge < -0.3 is 4.57 Å². The average Bonchev–Trinajstić information content (AvgIpc) is 2.97. The molecule has 1 aliphatic rings. The van der Waals surface area contributed by atoms with Crippen molar-refractivity contribution in [3.05, 3.63) is 84.1 Å². The van der Waals surface area contributed by atoms with Crippen LogP contribution in [0, 0.1) is 5.41 Å². The number of para-hydroxylation sites is 1. The van der Waals surface area contributed by atoms with Crippen LogP contribution in [0.3, 0.4) is 0 Å². The Labute approximate surface area is 153 Å². The Bertz CT molecular complexity index is 1030. The molecule has 0 saturated heterocycles. The normalized spacial score (nSPS) is 22.9. The van der Waals surface area contributed by atoms with Gasteiger partial charge in [0, 0.05) is 24.1 Å². The van der Waals surface area contributed by atoms with E-state index in [-0.39, 0.29) is 17.5 Å². The van der Waals surface area contributed by atoms with Crippen LogP contribution in [-0.4, -0.2) is 16.1 Å². The minimum absolute atomic E-state index is 0.0239. The van der Waals surface area contributed by atoms with E-state index < -0.39 is 5.41 Å². The third-order valence-electron chi connectivity index (χ3n) is 5.49. The summed E-state index contributed by atoms with van der Waals surface area (Å²) in [5.41, 5.74) is 2.04. The minimum atomic E-state index is -1.04. The second kappa shape index (κ2) is 6.10. The zero-order valence-corrected chi connectivity index (χ0v) is 15.0. The summed E-state index contributed by atoms with van der Waals surface area (Å²) in [6.07, 6.45) is 5.78. The molecule has 1 aromatic heterocycles. The van der Waals surface area contributed by atoms with Gasteiger partial charge >= 0.3 is 0 Å². The number of carbonyl (C=O) groups is 2. The smallest absolute Gasteiger partial charge is 0.169 e. The van der Waals surface area contributed by atoms with Crippen LogP contribution in [-0.2, 0) is 23.1 Å². The van der Waals surface area contributed by atoms with Gasteiger partial charge in [-0.2, -0.15) is 0 Å². The Hall–Kier alpha value is -2.94. The van der Waals surface area contributed by atoms with Crippen LogP contribution in [0.1, 0.15) is 24.0 Å². The Morgan fingerprint density at radius 2 is 1.69 bits per heavy atom.